The van der Waals surface area contributed by atoms with Crippen LogP contribution in [0.2, 0.25) is 0 Å². The van der Waals surface area contributed by atoms with E-state index in [9.17, 15) is 0 Å². The van der Waals surface area contributed by atoms with Crippen LogP contribution in [-0.2, 0) is 0 Å². The van der Waals surface area contributed by atoms with Crippen LogP contribution >= 0.6 is 0 Å². The zero-order valence-corrected chi connectivity index (χ0v) is 5.68. The second kappa shape index (κ2) is 2.49. The van der Waals surface area contributed by atoms with Crippen molar-refractivity contribution < 1.29 is 0 Å². The molecule has 53 valence electrons. The lowest BCUT2D eigenvalue weighted by molar-refractivity contribution is 0.728. The van der Waals surface area contributed by atoms with E-state index in [1.807, 2.05) is 0 Å². The number of pyridine rings is 1. The van der Waals surface area contributed by atoms with Gasteiger partial charge in [0.25, 0.3) is 0 Å². The number of nitrogens with zero attached hydrogens (tertiary/aromatic N) is 4. The highest BCUT2D eigenvalue weighted by Gasteiger charge is 1.94. The standard InChI is InChI=1S/C7H5N4/c1-2-4-8-7(3-1)11-9-5-6-10-11/h1-2,4-6H. The maximum Gasteiger partial charge on any atom is 0.182 e. The van der Waals surface area contributed by atoms with Gasteiger partial charge in [-0.15, -0.1) is 4.80 Å². The summed E-state index contributed by atoms with van der Waals surface area (Å²) in [7, 11) is 0. The molecule has 11 heavy (non-hydrogen) atoms. The topological polar surface area (TPSA) is 43.6 Å². The molecule has 0 amide bonds. The molecular formula is C7H5N4. The molecular weight excluding hydrogens is 140 g/mol. The molecule has 0 fully saturated rings. The van der Waals surface area contributed by atoms with Gasteiger partial charge in [0.15, 0.2) is 5.82 Å². The van der Waals surface area contributed by atoms with Gasteiger partial charge in [0.1, 0.15) is 0 Å². The minimum atomic E-state index is 0.609. The summed E-state index contributed by atoms with van der Waals surface area (Å²) >= 11 is 0. The van der Waals surface area contributed by atoms with Crippen molar-refractivity contribution in [1.82, 2.24) is 20.0 Å². The van der Waals surface area contributed by atoms with E-state index < -0.39 is 0 Å². The number of hydrogen-bond acceptors (Lipinski definition) is 3. The molecule has 2 aromatic heterocycles. The molecule has 0 saturated carbocycles. The summed E-state index contributed by atoms with van der Waals surface area (Å²) in [6.07, 6.45) is 4.88. The van der Waals surface area contributed by atoms with E-state index in [1.54, 1.807) is 30.7 Å². The van der Waals surface area contributed by atoms with Crippen molar-refractivity contribution in [2.45, 2.75) is 0 Å². The highest BCUT2D eigenvalue weighted by Crippen LogP contribution is 1.94. The lowest BCUT2D eigenvalue weighted by Crippen LogP contribution is -2.00. The summed E-state index contributed by atoms with van der Waals surface area (Å²) in [4.78, 5) is 5.42. The Balaban J connectivity index is 2.46. The molecule has 2 aromatic rings. The zero-order chi connectivity index (χ0) is 7.52. The first-order valence-corrected chi connectivity index (χ1v) is 3.16. The molecule has 0 saturated heterocycles. The molecule has 0 bridgehead atoms. The van der Waals surface area contributed by atoms with Gasteiger partial charge in [-0.2, -0.15) is 10.2 Å². The van der Waals surface area contributed by atoms with Crippen molar-refractivity contribution in [3.63, 3.8) is 0 Å². The monoisotopic (exact) mass is 145 g/mol. The fourth-order valence-electron chi connectivity index (χ4n) is 0.751. The van der Waals surface area contributed by atoms with Gasteiger partial charge in [0, 0.05) is 12.3 Å². The average molecular weight is 145 g/mol. The Kier molecular flexibility index (Phi) is 1.37. The minimum Gasteiger partial charge on any atom is -0.235 e. The Bertz CT molecular complexity index is 313. The van der Waals surface area contributed by atoms with Crippen molar-refractivity contribution in [1.29, 1.82) is 0 Å². The molecule has 0 N–H and O–H groups in total. The SMILES string of the molecule is [c]1cccnc1-n1nccn1. The van der Waals surface area contributed by atoms with Crippen LogP contribution in [-0.4, -0.2) is 20.0 Å². The van der Waals surface area contributed by atoms with Gasteiger partial charge in [-0.25, -0.2) is 4.98 Å². The first kappa shape index (κ1) is 6.03. The Morgan fingerprint density at radius 2 is 2.00 bits per heavy atom. The molecule has 0 aliphatic carbocycles. The van der Waals surface area contributed by atoms with Crippen molar-refractivity contribution in [2.24, 2.45) is 0 Å². The predicted molar refractivity (Wildman–Crippen MR) is 38.0 cm³/mol. The van der Waals surface area contributed by atoms with E-state index >= 15 is 0 Å². The molecule has 2 rings (SSSR count). The summed E-state index contributed by atoms with van der Waals surface area (Å²) in [6.45, 7) is 0. The number of aromatic nitrogens is 4. The summed E-state index contributed by atoms with van der Waals surface area (Å²) in [6, 6.07) is 6.47. The first-order chi connectivity index (χ1) is 5.47. The average Bonchev–Trinajstić information content (AvgIpc) is 2.58. The van der Waals surface area contributed by atoms with E-state index in [2.05, 4.69) is 21.2 Å². The van der Waals surface area contributed by atoms with Crippen LogP contribution in [0.5, 0.6) is 0 Å². The molecule has 0 spiro atoms. The third-order valence-electron chi connectivity index (χ3n) is 1.20. The van der Waals surface area contributed by atoms with Gasteiger partial charge >= 0.3 is 0 Å². The quantitative estimate of drug-likeness (QED) is 0.585. The van der Waals surface area contributed by atoms with Crippen LogP contribution in [0.15, 0.2) is 30.7 Å². The number of hydrogen-bond donors (Lipinski definition) is 0. The summed E-state index contributed by atoms with van der Waals surface area (Å²) < 4.78 is 0. The van der Waals surface area contributed by atoms with Gasteiger partial charge in [-0.1, -0.05) is 0 Å². The Hall–Kier alpha value is -1.71. The van der Waals surface area contributed by atoms with Crippen LogP contribution < -0.4 is 0 Å². The first-order valence-electron chi connectivity index (χ1n) is 3.16. The molecule has 4 heteroatoms. The molecule has 0 unspecified atom stereocenters. The molecule has 2 heterocycles. The Morgan fingerprint density at radius 3 is 2.64 bits per heavy atom. The van der Waals surface area contributed by atoms with E-state index in [0.717, 1.165) is 0 Å². The smallest absolute Gasteiger partial charge is 0.182 e. The molecule has 0 aliphatic heterocycles. The van der Waals surface area contributed by atoms with Gasteiger partial charge in [-0.3, -0.25) is 0 Å². The second-order valence-corrected chi connectivity index (χ2v) is 1.92. The fraction of sp³-hybridized carbons (Fsp3) is 0. The highest BCUT2D eigenvalue weighted by atomic mass is 15.5. The lowest BCUT2D eigenvalue weighted by atomic mass is 10.5. The predicted octanol–water partition coefficient (Wildman–Crippen LogP) is 0.462. The van der Waals surface area contributed by atoms with Gasteiger partial charge in [0.2, 0.25) is 0 Å². The Morgan fingerprint density at radius 1 is 1.18 bits per heavy atom. The minimum absolute atomic E-state index is 0.609. The van der Waals surface area contributed by atoms with Gasteiger partial charge < -0.3 is 0 Å². The normalized spacial score (nSPS) is 9.82. The molecule has 4 nitrogen and oxygen atoms in total. The zero-order valence-electron chi connectivity index (χ0n) is 5.68. The maximum atomic E-state index is 4.00. The van der Waals surface area contributed by atoms with Crippen molar-refractivity contribution >= 4 is 0 Å². The summed E-state index contributed by atoms with van der Waals surface area (Å²) in [5, 5.41) is 7.80. The maximum absolute atomic E-state index is 4.00. The Labute approximate surface area is 63.5 Å². The van der Waals surface area contributed by atoms with E-state index in [0.29, 0.717) is 5.82 Å². The molecule has 0 atom stereocenters. The summed E-state index contributed by atoms with van der Waals surface area (Å²) in [5.74, 6) is 0.609. The van der Waals surface area contributed by atoms with Crippen LogP contribution in [0, 0.1) is 6.07 Å². The number of rotatable bonds is 1. The van der Waals surface area contributed by atoms with E-state index in [4.69, 9.17) is 0 Å². The van der Waals surface area contributed by atoms with Gasteiger partial charge in [-0.05, 0) is 12.1 Å². The third kappa shape index (κ3) is 1.10. The lowest BCUT2D eigenvalue weighted by Gasteiger charge is -1.93. The van der Waals surface area contributed by atoms with E-state index in [1.165, 1.54) is 4.80 Å². The largest absolute Gasteiger partial charge is 0.235 e. The second-order valence-electron chi connectivity index (χ2n) is 1.92. The third-order valence-corrected chi connectivity index (χ3v) is 1.20. The molecule has 0 aromatic carbocycles. The van der Waals surface area contributed by atoms with Crippen molar-refractivity contribution in [2.75, 3.05) is 0 Å². The van der Waals surface area contributed by atoms with Crippen molar-refractivity contribution in [3.05, 3.63) is 36.8 Å². The van der Waals surface area contributed by atoms with Crippen molar-refractivity contribution in [3.8, 4) is 5.82 Å². The van der Waals surface area contributed by atoms with Crippen LogP contribution in [0.4, 0.5) is 0 Å². The van der Waals surface area contributed by atoms with Crippen LogP contribution in [0.25, 0.3) is 5.82 Å². The fourth-order valence-corrected chi connectivity index (χ4v) is 0.751. The van der Waals surface area contributed by atoms with Gasteiger partial charge in [0.05, 0.1) is 12.4 Å². The van der Waals surface area contributed by atoms with E-state index in [-0.39, 0.29) is 0 Å². The highest BCUT2D eigenvalue weighted by molar-refractivity contribution is 5.14. The van der Waals surface area contributed by atoms with Crippen LogP contribution in [0.1, 0.15) is 0 Å². The molecule has 1 radical (unpaired) electrons. The molecule has 0 aliphatic rings. The summed E-state index contributed by atoms with van der Waals surface area (Å²) in [5.41, 5.74) is 0. The van der Waals surface area contributed by atoms with Crippen LogP contribution in [0.3, 0.4) is 0 Å².